The molecular weight excluding hydrogens is 500 g/mol. The van der Waals surface area contributed by atoms with E-state index in [1.54, 1.807) is 6.20 Å². The number of carbonyl (C=O) groups excluding carboxylic acids is 1. The molecule has 4 aromatic carbocycles. The lowest BCUT2D eigenvalue weighted by atomic mass is 10.2. The van der Waals surface area contributed by atoms with Crippen molar-refractivity contribution in [1.29, 1.82) is 0 Å². The molecule has 0 unspecified atom stereocenters. The van der Waals surface area contributed by atoms with Gasteiger partial charge in [0, 0.05) is 34.5 Å². The third-order valence-corrected chi connectivity index (χ3v) is 6.90. The summed E-state index contributed by atoms with van der Waals surface area (Å²) in [5, 5.41) is 11.0. The minimum atomic E-state index is -0.900. The molecule has 0 spiro atoms. The van der Waals surface area contributed by atoms with E-state index in [0.717, 1.165) is 44.3 Å². The molecule has 0 fully saturated rings. The van der Waals surface area contributed by atoms with Gasteiger partial charge >= 0.3 is 11.9 Å². The van der Waals surface area contributed by atoms with Crippen LogP contribution in [0.2, 0.25) is 0 Å². The summed E-state index contributed by atoms with van der Waals surface area (Å²) in [6.45, 7) is 6.28. The van der Waals surface area contributed by atoms with E-state index >= 15 is 0 Å². The zero-order valence-electron chi connectivity index (χ0n) is 22.7. The van der Waals surface area contributed by atoms with Gasteiger partial charge in [0.2, 0.25) is 0 Å². The van der Waals surface area contributed by atoms with Crippen LogP contribution in [0.4, 0.5) is 0 Å². The second-order valence-corrected chi connectivity index (χ2v) is 9.46. The standard InChI is InChI=1S/C18H17NO2.C16H13NO2/c1-3-21-18(20)15-12-19(16-10-6-4-8-13(16)2)17-11-7-5-9-14(15)17;1-11-6-2-4-8-14(11)17-10-13(16(18)19)12-7-3-5-9-15(12)17/h4-12H,3H2,1-2H3;2-10H,1H3,(H,18,19). The lowest BCUT2D eigenvalue weighted by Gasteiger charge is -2.08. The number of benzene rings is 4. The van der Waals surface area contributed by atoms with Gasteiger partial charge in [-0.25, -0.2) is 9.59 Å². The van der Waals surface area contributed by atoms with E-state index in [-0.39, 0.29) is 5.97 Å². The van der Waals surface area contributed by atoms with Gasteiger partial charge in [-0.3, -0.25) is 0 Å². The predicted octanol–water partition coefficient (Wildman–Crippen LogP) is 7.75. The van der Waals surface area contributed by atoms with E-state index in [2.05, 4.69) is 23.6 Å². The van der Waals surface area contributed by atoms with Gasteiger partial charge < -0.3 is 19.0 Å². The average molecular weight is 531 g/mol. The predicted molar refractivity (Wildman–Crippen MR) is 159 cm³/mol. The van der Waals surface area contributed by atoms with E-state index in [1.165, 1.54) is 0 Å². The van der Waals surface area contributed by atoms with Gasteiger partial charge in [0.15, 0.2) is 0 Å². The Labute approximate surface area is 232 Å². The lowest BCUT2D eigenvalue weighted by Crippen LogP contribution is -2.03. The molecule has 0 bridgehead atoms. The maximum atomic E-state index is 12.2. The number of esters is 1. The number of fused-ring (bicyclic) bond motifs is 2. The molecule has 6 rings (SSSR count). The summed E-state index contributed by atoms with van der Waals surface area (Å²) in [5.41, 5.74) is 7.21. The molecule has 2 heterocycles. The fourth-order valence-electron chi connectivity index (χ4n) is 4.97. The molecule has 0 saturated carbocycles. The summed E-state index contributed by atoms with van der Waals surface area (Å²) in [6.07, 6.45) is 3.56. The molecule has 40 heavy (non-hydrogen) atoms. The summed E-state index contributed by atoms with van der Waals surface area (Å²) in [4.78, 5) is 23.5. The van der Waals surface area contributed by atoms with Crippen LogP contribution in [0.15, 0.2) is 109 Å². The lowest BCUT2D eigenvalue weighted by molar-refractivity contribution is 0.0528. The highest BCUT2D eigenvalue weighted by atomic mass is 16.5. The fourth-order valence-corrected chi connectivity index (χ4v) is 4.97. The van der Waals surface area contributed by atoms with Crippen molar-refractivity contribution in [2.75, 3.05) is 6.61 Å². The highest BCUT2D eigenvalue weighted by molar-refractivity contribution is 6.05. The van der Waals surface area contributed by atoms with Gasteiger partial charge in [0.1, 0.15) is 0 Å². The van der Waals surface area contributed by atoms with Crippen LogP contribution in [0, 0.1) is 13.8 Å². The van der Waals surface area contributed by atoms with Gasteiger partial charge in [-0.15, -0.1) is 0 Å². The van der Waals surface area contributed by atoms with Crippen molar-refractivity contribution in [1.82, 2.24) is 9.13 Å². The van der Waals surface area contributed by atoms with Crippen LogP contribution < -0.4 is 0 Å². The number of carboxylic acid groups (broad SMARTS) is 1. The van der Waals surface area contributed by atoms with Crippen molar-refractivity contribution in [3.8, 4) is 11.4 Å². The third kappa shape index (κ3) is 4.99. The molecular formula is C34H30N2O4. The van der Waals surface area contributed by atoms with Crippen molar-refractivity contribution in [2.45, 2.75) is 20.8 Å². The monoisotopic (exact) mass is 530 g/mol. The maximum absolute atomic E-state index is 12.2. The van der Waals surface area contributed by atoms with E-state index in [1.807, 2.05) is 110 Å². The zero-order valence-corrected chi connectivity index (χ0v) is 22.7. The number of hydrogen-bond acceptors (Lipinski definition) is 3. The quantitative estimate of drug-likeness (QED) is 0.231. The van der Waals surface area contributed by atoms with Crippen LogP contribution in [-0.4, -0.2) is 32.8 Å². The molecule has 0 saturated heterocycles. The normalized spacial score (nSPS) is 10.8. The Morgan fingerprint density at radius 3 is 1.55 bits per heavy atom. The molecule has 6 aromatic rings. The SMILES string of the molecule is CCOC(=O)c1cn(-c2ccccc2C)c2ccccc12.Cc1ccccc1-n1cc(C(=O)O)c2ccccc21. The Bertz CT molecular complexity index is 1840. The number of carbonyl (C=O) groups is 2. The summed E-state index contributed by atoms with van der Waals surface area (Å²) in [6, 6.07) is 31.5. The molecule has 1 N–H and O–H groups in total. The largest absolute Gasteiger partial charge is 0.478 e. The number of para-hydroxylation sites is 4. The van der Waals surface area contributed by atoms with Crippen LogP contribution in [0.5, 0.6) is 0 Å². The van der Waals surface area contributed by atoms with Crippen molar-refractivity contribution in [3.63, 3.8) is 0 Å². The second-order valence-electron chi connectivity index (χ2n) is 9.46. The first-order valence-electron chi connectivity index (χ1n) is 13.1. The number of carboxylic acids is 1. The van der Waals surface area contributed by atoms with E-state index in [0.29, 0.717) is 17.7 Å². The highest BCUT2D eigenvalue weighted by Crippen LogP contribution is 2.28. The van der Waals surface area contributed by atoms with Crippen molar-refractivity contribution in [2.24, 2.45) is 0 Å². The number of aromatic carboxylic acids is 1. The van der Waals surface area contributed by atoms with Crippen molar-refractivity contribution < 1.29 is 19.4 Å². The van der Waals surface area contributed by atoms with Gasteiger partial charge in [-0.05, 0) is 56.2 Å². The number of aryl methyl sites for hydroxylation is 2. The Kier molecular flexibility index (Phi) is 7.51. The van der Waals surface area contributed by atoms with Crippen LogP contribution in [0.25, 0.3) is 33.2 Å². The number of hydrogen-bond donors (Lipinski definition) is 1. The topological polar surface area (TPSA) is 73.5 Å². The molecule has 0 aliphatic heterocycles. The summed E-state index contributed by atoms with van der Waals surface area (Å²) in [7, 11) is 0. The van der Waals surface area contributed by atoms with E-state index < -0.39 is 5.97 Å². The average Bonchev–Trinajstić information content (AvgIpc) is 3.54. The Balaban J connectivity index is 0.000000162. The highest BCUT2D eigenvalue weighted by Gasteiger charge is 2.17. The fraction of sp³-hybridized carbons (Fsp3) is 0.118. The first kappa shape index (κ1) is 26.5. The molecule has 2 aromatic heterocycles. The molecule has 0 radical (unpaired) electrons. The van der Waals surface area contributed by atoms with Crippen LogP contribution in [0.1, 0.15) is 38.8 Å². The number of ether oxygens (including phenoxy) is 1. The minimum Gasteiger partial charge on any atom is -0.478 e. The van der Waals surface area contributed by atoms with Gasteiger partial charge in [-0.2, -0.15) is 0 Å². The smallest absolute Gasteiger partial charge is 0.340 e. The van der Waals surface area contributed by atoms with Crippen LogP contribution in [0.3, 0.4) is 0 Å². The molecule has 6 heteroatoms. The molecule has 200 valence electrons. The van der Waals surface area contributed by atoms with E-state index in [4.69, 9.17) is 4.74 Å². The van der Waals surface area contributed by atoms with Crippen molar-refractivity contribution in [3.05, 3.63) is 132 Å². The molecule has 6 nitrogen and oxygen atoms in total. The zero-order chi connectivity index (χ0) is 28.2. The van der Waals surface area contributed by atoms with Gasteiger partial charge in [0.25, 0.3) is 0 Å². The molecule has 0 aliphatic carbocycles. The first-order chi connectivity index (χ1) is 19.4. The van der Waals surface area contributed by atoms with E-state index in [9.17, 15) is 14.7 Å². The minimum absolute atomic E-state index is 0.277. The van der Waals surface area contributed by atoms with Crippen LogP contribution >= 0.6 is 0 Å². The maximum Gasteiger partial charge on any atom is 0.340 e. The molecule has 0 amide bonds. The number of rotatable bonds is 5. The summed E-state index contributed by atoms with van der Waals surface area (Å²) < 4.78 is 9.15. The second kappa shape index (κ2) is 11.3. The molecule has 0 atom stereocenters. The van der Waals surface area contributed by atoms with Crippen LogP contribution in [-0.2, 0) is 4.74 Å². The number of nitrogens with zero attached hydrogens (tertiary/aromatic N) is 2. The summed E-state index contributed by atoms with van der Waals surface area (Å²) >= 11 is 0. The van der Waals surface area contributed by atoms with Crippen molar-refractivity contribution >= 4 is 33.7 Å². The third-order valence-electron chi connectivity index (χ3n) is 6.90. The van der Waals surface area contributed by atoms with Gasteiger partial charge in [-0.1, -0.05) is 72.8 Å². The first-order valence-corrected chi connectivity index (χ1v) is 13.1. The Morgan fingerprint density at radius 1 is 0.650 bits per heavy atom. The molecule has 0 aliphatic rings. The Morgan fingerprint density at radius 2 is 1.07 bits per heavy atom. The van der Waals surface area contributed by atoms with Gasteiger partial charge in [0.05, 0.1) is 28.8 Å². The Hall–Kier alpha value is -5.10. The summed E-state index contributed by atoms with van der Waals surface area (Å²) in [5.74, 6) is -1.18. The number of aromatic nitrogens is 2.